The molecular formula is C13H19NO. The summed E-state index contributed by atoms with van der Waals surface area (Å²) in [5, 5.41) is 11.9. The van der Waals surface area contributed by atoms with E-state index in [2.05, 4.69) is 36.2 Å². The fraction of sp³-hybridized carbons (Fsp3) is 0.385. The van der Waals surface area contributed by atoms with Gasteiger partial charge in [-0.05, 0) is 37.1 Å². The molecule has 0 aliphatic heterocycles. The Bertz CT molecular complexity index is 279. The van der Waals surface area contributed by atoms with Gasteiger partial charge in [0.15, 0.2) is 0 Å². The minimum Gasteiger partial charge on any atom is -0.396 e. The zero-order chi connectivity index (χ0) is 10.9. The van der Waals surface area contributed by atoms with Gasteiger partial charge in [0.1, 0.15) is 0 Å². The maximum atomic E-state index is 8.59. The molecule has 1 aromatic carbocycles. The third-order valence-electron chi connectivity index (χ3n) is 2.32. The molecular weight excluding hydrogens is 186 g/mol. The number of aliphatic hydroxyl groups is 1. The quantitative estimate of drug-likeness (QED) is 0.666. The maximum Gasteiger partial charge on any atom is 0.0443 e. The van der Waals surface area contributed by atoms with Gasteiger partial charge >= 0.3 is 0 Å². The van der Waals surface area contributed by atoms with E-state index in [9.17, 15) is 0 Å². The second kappa shape index (κ2) is 7.21. The lowest BCUT2D eigenvalue weighted by atomic mass is 10.1. The summed E-state index contributed by atoms with van der Waals surface area (Å²) in [6.07, 6.45) is 3.71. The highest BCUT2D eigenvalue weighted by molar-refractivity contribution is 5.47. The van der Waals surface area contributed by atoms with Crippen LogP contribution in [0.5, 0.6) is 0 Å². The molecule has 1 aromatic rings. The van der Waals surface area contributed by atoms with Crippen LogP contribution < -0.4 is 5.32 Å². The van der Waals surface area contributed by atoms with Crippen LogP contribution in [-0.4, -0.2) is 24.8 Å². The molecule has 0 aliphatic rings. The molecule has 0 fully saturated rings. The summed E-state index contributed by atoms with van der Waals surface area (Å²) < 4.78 is 0. The molecule has 0 atom stereocenters. The summed E-state index contributed by atoms with van der Waals surface area (Å²) in [5.74, 6) is 0. The van der Waals surface area contributed by atoms with E-state index in [1.807, 2.05) is 6.08 Å². The molecule has 15 heavy (non-hydrogen) atoms. The average molecular weight is 205 g/mol. The molecule has 0 aromatic heterocycles. The number of aliphatic hydroxyl groups excluding tert-OH is 1. The van der Waals surface area contributed by atoms with E-state index in [1.54, 1.807) is 0 Å². The normalized spacial score (nSPS) is 10.2. The summed E-state index contributed by atoms with van der Waals surface area (Å²) in [7, 11) is 0. The topological polar surface area (TPSA) is 32.3 Å². The number of hydrogen-bond donors (Lipinski definition) is 2. The van der Waals surface area contributed by atoms with Crippen molar-refractivity contribution in [1.29, 1.82) is 0 Å². The molecule has 0 radical (unpaired) electrons. The Hall–Kier alpha value is -1.12. The third kappa shape index (κ3) is 4.77. The molecule has 82 valence electrons. The Kier molecular flexibility index (Phi) is 5.74. The van der Waals surface area contributed by atoms with Gasteiger partial charge in [0, 0.05) is 6.61 Å². The van der Waals surface area contributed by atoms with Gasteiger partial charge in [0.25, 0.3) is 0 Å². The van der Waals surface area contributed by atoms with E-state index in [0.29, 0.717) is 0 Å². The number of hydrogen-bond acceptors (Lipinski definition) is 2. The van der Waals surface area contributed by atoms with Crippen molar-refractivity contribution in [3.63, 3.8) is 0 Å². The lowest BCUT2D eigenvalue weighted by molar-refractivity contribution is 0.286. The monoisotopic (exact) mass is 205 g/mol. The van der Waals surface area contributed by atoms with E-state index >= 15 is 0 Å². The molecule has 0 aliphatic carbocycles. The van der Waals surface area contributed by atoms with Crippen molar-refractivity contribution in [3.05, 3.63) is 42.0 Å². The second-order valence-electron chi connectivity index (χ2n) is 3.52. The molecule has 0 bridgehead atoms. The van der Waals surface area contributed by atoms with Crippen molar-refractivity contribution >= 4 is 6.08 Å². The maximum absolute atomic E-state index is 8.59. The Morgan fingerprint density at radius 3 is 2.53 bits per heavy atom. The van der Waals surface area contributed by atoms with Gasteiger partial charge in [-0.2, -0.15) is 0 Å². The van der Waals surface area contributed by atoms with Crippen molar-refractivity contribution in [1.82, 2.24) is 5.32 Å². The first-order chi connectivity index (χ1) is 7.36. The smallest absolute Gasteiger partial charge is 0.0443 e. The van der Waals surface area contributed by atoms with Gasteiger partial charge in [0.2, 0.25) is 0 Å². The molecule has 0 saturated carbocycles. The highest BCUT2D eigenvalue weighted by atomic mass is 16.3. The Morgan fingerprint density at radius 2 is 1.93 bits per heavy atom. The van der Waals surface area contributed by atoms with Crippen molar-refractivity contribution in [2.75, 3.05) is 19.7 Å². The van der Waals surface area contributed by atoms with Crippen LogP contribution in [0.2, 0.25) is 0 Å². The molecule has 2 nitrogen and oxygen atoms in total. The van der Waals surface area contributed by atoms with Gasteiger partial charge in [-0.25, -0.2) is 0 Å². The fourth-order valence-electron chi connectivity index (χ4n) is 1.38. The van der Waals surface area contributed by atoms with E-state index in [-0.39, 0.29) is 6.61 Å². The Labute approximate surface area is 91.6 Å². The minimum atomic E-state index is 0.265. The molecule has 0 unspecified atom stereocenters. The van der Waals surface area contributed by atoms with E-state index in [4.69, 9.17) is 5.11 Å². The standard InChI is InChI=1S/C13H19NO/c1-2-12-4-6-13(7-5-12)8-10-14-9-3-11-15/h2,4-7,14-15H,1,3,8-11H2. The van der Waals surface area contributed by atoms with Crippen LogP contribution in [0.15, 0.2) is 30.8 Å². The minimum absolute atomic E-state index is 0.265. The first-order valence-corrected chi connectivity index (χ1v) is 5.40. The zero-order valence-electron chi connectivity index (χ0n) is 9.08. The van der Waals surface area contributed by atoms with Crippen LogP contribution in [-0.2, 0) is 6.42 Å². The lowest BCUT2D eigenvalue weighted by Gasteiger charge is -2.04. The number of rotatable bonds is 7. The third-order valence-corrected chi connectivity index (χ3v) is 2.32. The van der Waals surface area contributed by atoms with Crippen molar-refractivity contribution in [2.45, 2.75) is 12.8 Å². The average Bonchev–Trinajstić information content (AvgIpc) is 2.30. The van der Waals surface area contributed by atoms with Gasteiger partial charge in [-0.15, -0.1) is 0 Å². The molecule has 0 heterocycles. The molecule has 0 amide bonds. The van der Waals surface area contributed by atoms with Crippen molar-refractivity contribution in [3.8, 4) is 0 Å². The van der Waals surface area contributed by atoms with Crippen molar-refractivity contribution in [2.24, 2.45) is 0 Å². The van der Waals surface area contributed by atoms with Crippen molar-refractivity contribution < 1.29 is 5.11 Å². The summed E-state index contributed by atoms with van der Waals surface area (Å²) in [5.41, 5.74) is 2.49. The molecule has 0 saturated heterocycles. The highest BCUT2D eigenvalue weighted by Crippen LogP contribution is 2.05. The highest BCUT2D eigenvalue weighted by Gasteiger charge is 1.92. The fourth-order valence-corrected chi connectivity index (χ4v) is 1.38. The van der Waals surface area contributed by atoms with Crippen LogP contribution >= 0.6 is 0 Å². The van der Waals surface area contributed by atoms with Crippen LogP contribution in [0.1, 0.15) is 17.5 Å². The van der Waals surface area contributed by atoms with E-state index in [1.165, 1.54) is 5.56 Å². The number of benzene rings is 1. The Morgan fingerprint density at radius 1 is 1.20 bits per heavy atom. The van der Waals surface area contributed by atoms with Crippen LogP contribution in [0, 0.1) is 0 Å². The van der Waals surface area contributed by atoms with Gasteiger partial charge in [0.05, 0.1) is 0 Å². The summed E-state index contributed by atoms with van der Waals surface area (Å²) >= 11 is 0. The summed E-state index contributed by atoms with van der Waals surface area (Å²) in [6, 6.07) is 8.42. The Balaban J connectivity index is 2.22. The predicted molar refractivity (Wildman–Crippen MR) is 64.8 cm³/mol. The van der Waals surface area contributed by atoms with E-state index in [0.717, 1.165) is 31.5 Å². The van der Waals surface area contributed by atoms with Gasteiger partial charge in [-0.3, -0.25) is 0 Å². The molecule has 2 N–H and O–H groups in total. The summed E-state index contributed by atoms with van der Waals surface area (Å²) in [4.78, 5) is 0. The second-order valence-corrected chi connectivity index (χ2v) is 3.52. The zero-order valence-corrected chi connectivity index (χ0v) is 9.08. The summed E-state index contributed by atoms with van der Waals surface area (Å²) in [6.45, 7) is 5.84. The first kappa shape index (κ1) is 12.0. The predicted octanol–water partition coefficient (Wildman–Crippen LogP) is 1.84. The lowest BCUT2D eigenvalue weighted by Crippen LogP contribution is -2.19. The van der Waals surface area contributed by atoms with Crippen LogP contribution in [0.3, 0.4) is 0 Å². The largest absolute Gasteiger partial charge is 0.396 e. The van der Waals surface area contributed by atoms with E-state index < -0.39 is 0 Å². The van der Waals surface area contributed by atoms with Gasteiger partial charge < -0.3 is 10.4 Å². The molecule has 0 spiro atoms. The molecule has 2 heteroatoms. The van der Waals surface area contributed by atoms with Crippen LogP contribution in [0.25, 0.3) is 6.08 Å². The molecule has 1 rings (SSSR count). The number of nitrogens with one attached hydrogen (secondary N) is 1. The SMILES string of the molecule is C=Cc1ccc(CCNCCCO)cc1. The first-order valence-electron chi connectivity index (χ1n) is 5.40. The van der Waals surface area contributed by atoms with Crippen LogP contribution in [0.4, 0.5) is 0 Å². The van der Waals surface area contributed by atoms with Gasteiger partial charge in [-0.1, -0.05) is 36.9 Å².